The van der Waals surface area contributed by atoms with Crippen molar-refractivity contribution >= 4 is 0 Å². The van der Waals surface area contributed by atoms with Crippen molar-refractivity contribution in [2.75, 3.05) is 0 Å². The Morgan fingerprint density at radius 3 is 2.37 bits per heavy atom. The van der Waals surface area contributed by atoms with Crippen LogP contribution in [0.5, 0.6) is 0 Å². The predicted molar refractivity (Wildman–Crippen MR) is 78.1 cm³/mol. The summed E-state index contributed by atoms with van der Waals surface area (Å²) in [6.45, 7) is 11.3. The Labute approximate surface area is 115 Å². The molecule has 0 saturated carbocycles. The van der Waals surface area contributed by atoms with Crippen LogP contribution >= 0.6 is 0 Å². The maximum Gasteiger partial charge on any atom is 0.226 e. The highest BCUT2D eigenvalue weighted by Crippen LogP contribution is 2.27. The molecule has 0 aliphatic carbocycles. The average Bonchev–Trinajstić information content (AvgIpc) is 2.73. The first-order valence-electron chi connectivity index (χ1n) is 6.73. The van der Waals surface area contributed by atoms with Gasteiger partial charge in [0, 0.05) is 18.2 Å². The van der Waals surface area contributed by atoms with Crippen LogP contribution in [-0.2, 0) is 6.54 Å². The summed E-state index contributed by atoms with van der Waals surface area (Å²) in [6, 6.07) is 4.78. The molecule has 0 radical (unpaired) electrons. The molecule has 1 heterocycles. The van der Waals surface area contributed by atoms with E-state index in [-0.39, 0.29) is 0 Å². The molecular weight excluding hydrogens is 236 g/mol. The second kappa shape index (κ2) is 5.57. The highest BCUT2D eigenvalue weighted by molar-refractivity contribution is 5.64. The van der Waals surface area contributed by atoms with Crippen LogP contribution in [0, 0.1) is 20.8 Å². The molecule has 0 spiro atoms. The molecule has 0 aliphatic rings. The molecule has 3 heteroatoms. The van der Waals surface area contributed by atoms with E-state index >= 15 is 0 Å². The van der Waals surface area contributed by atoms with Gasteiger partial charge in [-0.05, 0) is 31.9 Å². The Morgan fingerprint density at radius 1 is 1.16 bits per heavy atom. The lowest BCUT2D eigenvalue weighted by molar-refractivity contribution is 0.559. The monoisotopic (exact) mass is 258 g/mol. The predicted octanol–water partition coefficient (Wildman–Crippen LogP) is 3.76. The van der Waals surface area contributed by atoms with Gasteiger partial charge in [-0.15, -0.1) is 0 Å². The molecule has 102 valence electrons. The minimum atomic E-state index is 0.447. The van der Waals surface area contributed by atoms with Crippen molar-refractivity contribution < 1.29 is 4.42 Å². The quantitative estimate of drug-likeness (QED) is 0.907. The van der Waals surface area contributed by atoms with Gasteiger partial charge < -0.3 is 9.73 Å². The molecule has 19 heavy (non-hydrogen) atoms. The van der Waals surface area contributed by atoms with Crippen molar-refractivity contribution in [2.45, 2.75) is 47.2 Å². The van der Waals surface area contributed by atoms with Crippen molar-refractivity contribution in [2.24, 2.45) is 0 Å². The van der Waals surface area contributed by atoms with E-state index in [0.29, 0.717) is 6.04 Å². The number of oxazole rings is 1. The number of nitrogens with zero attached hydrogens (tertiary/aromatic N) is 1. The van der Waals surface area contributed by atoms with Gasteiger partial charge in [0.2, 0.25) is 5.89 Å². The first kappa shape index (κ1) is 13.8. The molecule has 0 amide bonds. The summed E-state index contributed by atoms with van der Waals surface area (Å²) in [5.41, 5.74) is 5.75. The van der Waals surface area contributed by atoms with Crippen molar-refractivity contribution in [1.82, 2.24) is 10.3 Å². The van der Waals surface area contributed by atoms with E-state index in [1.54, 1.807) is 6.26 Å². The fraction of sp³-hybridized carbons (Fsp3) is 0.438. The maximum absolute atomic E-state index is 5.63. The lowest BCUT2D eigenvalue weighted by Crippen LogP contribution is -2.21. The van der Waals surface area contributed by atoms with Crippen LogP contribution in [0.2, 0.25) is 0 Å². The summed E-state index contributed by atoms with van der Waals surface area (Å²) in [4.78, 5) is 4.57. The van der Waals surface area contributed by atoms with E-state index in [0.717, 1.165) is 23.7 Å². The fourth-order valence-electron chi connectivity index (χ4n) is 2.33. The highest BCUT2D eigenvalue weighted by atomic mass is 16.3. The second-order valence-electron chi connectivity index (χ2n) is 5.45. The van der Waals surface area contributed by atoms with Crippen LogP contribution < -0.4 is 5.32 Å². The number of aryl methyl sites for hydroxylation is 3. The van der Waals surface area contributed by atoms with Crippen molar-refractivity contribution in [3.63, 3.8) is 0 Å². The molecule has 1 N–H and O–H groups in total. The molecule has 2 rings (SSSR count). The summed E-state index contributed by atoms with van der Waals surface area (Å²) in [7, 11) is 0. The zero-order valence-corrected chi connectivity index (χ0v) is 12.4. The largest absolute Gasteiger partial charge is 0.444 e. The highest BCUT2D eigenvalue weighted by Gasteiger charge is 2.12. The van der Waals surface area contributed by atoms with E-state index in [9.17, 15) is 0 Å². The zero-order valence-electron chi connectivity index (χ0n) is 12.4. The van der Waals surface area contributed by atoms with Gasteiger partial charge in [-0.2, -0.15) is 0 Å². The van der Waals surface area contributed by atoms with E-state index in [4.69, 9.17) is 4.42 Å². The maximum atomic E-state index is 5.63. The zero-order chi connectivity index (χ0) is 14.0. The molecule has 0 aliphatic heterocycles. The molecule has 0 bridgehead atoms. The van der Waals surface area contributed by atoms with Gasteiger partial charge in [0.05, 0.1) is 5.69 Å². The first-order chi connectivity index (χ1) is 8.97. The van der Waals surface area contributed by atoms with Crippen molar-refractivity contribution in [3.05, 3.63) is 40.8 Å². The lowest BCUT2D eigenvalue weighted by Gasteiger charge is -2.07. The van der Waals surface area contributed by atoms with Gasteiger partial charge >= 0.3 is 0 Å². The smallest absolute Gasteiger partial charge is 0.226 e. The Balaban J connectivity index is 2.28. The average molecular weight is 258 g/mol. The van der Waals surface area contributed by atoms with Crippen LogP contribution in [0.1, 0.15) is 36.2 Å². The van der Waals surface area contributed by atoms with E-state index in [1.807, 2.05) is 0 Å². The number of nitrogens with one attached hydrogen (secondary N) is 1. The minimum Gasteiger partial charge on any atom is -0.444 e. The van der Waals surface area contributed by atoms with E-state index in [1.165, 1.54) is 16.7 Å². The molecule has 1 aromatic carbocycles. The van der Waals surface area contributed by atoms with E-state index in [2.05, 4.69) is 57.1 Å². The Kier molecular flexibility index (Phi) is 4.05. The Bertz CT molecular complexity index is 547. The number of benzene rings is 1. The third-order valence-electron chi connectivity index (χ3n) is 3.13. The summed E-state index contributed by atoms with van der Waals surface area (Å²) in [5, 5.41) is 3.34. The van der Waals surface area contributed by atoms with Gasteiger partial charge in [-0.3, -0.25) is 0 Å². The summed E-state index contributed by atoms with van der Waals surface area (Å²) in [5.74, 6) is 0.718. The molecule has 2 aromatic rings. The second-order valence-corrected chi connectivity index (χ2v) is 5.45. The Morgan fingerprint density at radius 2 is 1.79 bits per heavy atom. The first-order valence-corrected chi connectivity index (χ1v) is 6.73. The minimum absolute atomic E-state index is 0.447. The van der Waals surface area contributed by atoms with Crippen LogP contribution in [0.3, 0.4) is 0 Å². The van der Waals surface area contributed by atoms with Crippen LogP contribution in [0.25, 0.3) is 11.5 Å². The normalized spacial score (nSPS) is 11.3. The van der Waals surface area contributed by atoms with Crippen LogP contribution in [0.4, 0.5) is 0 Å². The molecule has 0 unspecified atom stereocenters. The summed E-state index contributed by atoms with van der Waals surface area (Å²) in [6.07, 6.45) is 1.74. The van der Waals surface area contributed by atoms with Gasteiger partial charge in [-0.25, -0.2) is 4.98 Å². The molecule has 0 fully saturated rings. The van der Waals surface area contributed by atoms with E-state index < -0.39 is 0 Å². The number of aromatic nitrogens is 1. The standard InChI is InChI=1S/C16H22N2O/c1-10(2)17-8-14-9-19-16(18-14)15-12(4)6-11(3)7-13(15)5/h6-7,9-10,17H,8H2,1-5H3. The lowest BCUT2D eigenvalue weighted by atomic mass is 10.00. The van der Waals surface area contributed by atoms with Crippen LogP contribution in [0.15, 0.2) is 22.8 Å². The SMILES string of the molecule is Cc1cc(C)c(-c2nc(CNC(C)C)co2)c(C)c1. The number of hydrogen-bond acceptors (Lipinski definition) is 3. The third kappa shape index (κ3) is 3.24. The van der Waals surface area contributed by atoms with Crippen LogP contribution in [-0.4, -0.2) is 11.0 Å². The molecular formula is C16H22N2O. The third-order valence-corrected chi connectivity index (χ3v) is 3.13. The topological polar surface area (TPSA) is 38.1 Å². The molecule has 1 aromatic heterocycles. The van der Waals surface area contributed by atoms with Gasteiger partial charge in [0.15, 0.2) is 0 Å². The number of hydrogen-bond donors (Lipinski definition) is 1. The molecule has 0 saturated heterocycles. The van der Waals surface area contributed by atoms with Gasteiger partial charge in [0.25, 0.3) is 0 Å². The summed E-state index contributed by atoms with van der Waals surface area (Å²) < 4.78 is 5.63. The van der Waals surface area contributed by atoms with Gasteiger partial charge in [-0.1, -0.05) is 31.5 Å². The number of rotatable bonds is 4. The summed E-state index contributed by atoms with van der Waals surface area (Å²) >= 11 is 0. The van der Waals surface area contributed by atoms with Gasteiger partial charge in [0.1, 0.15) is 6.26 Å². The fourth-order valence-corrected chi connectivity index (χ4v) is 2.33. The molecule has 3 nitrogen and oxygen atoms in total. The van der Waals surface area contributed by atoms with Crippen molar-refractivity contribution in [1.29, 1.82) is 0 Å². The van der Waals surface area contributed by atoms with Crippen molar-refractivity contribution in [3.8, 4) is 11.5 Å². The Hall–Kier alpha value is -1.61. The molecule has 0 atom stereocenters.